The fraction of sp³-hybridized carbons (Fsp3) is 0.467. The molecule has 1 aromatic rings. The third-order valence-corrected chi connectivity index (χ3v) is 3.76. The molecule has 0 spiro atoms. The molecule has 1 heterocycles. The molecule has 0 atom stereocenters. The normalized spacial score (nSPS) is 15.8. The summed E-state index contributed by atoms with van der Waals surface area (Å²) in [5.41, 5.74) is 5.44. The number of guanidine groups is 1. The van der Waals surface area contributed by atoms with Crippen molar-refractivity contribution in [2.24, 2.45) is 11.7 Å². The number of esters is 1. The molecule has 114 valence electrons. The number of likely N-dealkylation sites (tertiary alicyclic amines) is 1. The Bertz CT molecular complexity index is 496. The van der Waals surface area contributed by atoms with Crippen molar-refractivity contribution in [1.82, 2.24) is 4.90 Å². The van der Waals surface area contributed by atoms with E-state index in [1.165, 1.54) is 24.3 Å². The van der Waals surface area contributed by atoms with Crippen LogP contribution in [-0.4, -0.2) is 29.9 Å². The van der Waals surface area contributed by atoms with Gasteiger partial charge in [0.25, 0.3) is 0 Å². The Morgan fingerprint density at radius 3 is 2.52 bits per heavy atom. The molecular formula is C15H20FN3O2. The Morgan fingerprint density at radius 1 is 1.33 bits per heavy atom. The molecular weight excluding hydrogens is 273 g/mol. The lowest BCUT2D eigenvalue weighted by molar-refractivity contribution is -0.134. The van der Waals surface area contributed by atoms with Crippen molar-refractivity contribution in [1.29, 1.82) is 5.41 Å². The predicted octanol–water partition coefficient (Wildman–Crippen LogP) is 2.12. The number of nitrogens with one attached hydrogen (secondary N) is 1. The van der Waals surface area contributed by atoms with E-state index in [1.54, 1.807) is 0 Å². The molecule has 3 N–H and O–H groups in total. The summed E-state index contributed by atoms with van der Waals surface area (Å²) in [6.07, 6.45) is 2.99. The van der Waals surface area contributed by atoms with E-state index < -0.39 is 0 Å². The SMILES string of the molecule is N=C(N)N1CCC(CCC(=O)Oc2ccc(F)cc2)CC1. The van der Waals surface area contributed by atoms with E-state index in [0.29, 0.717) is 18.1 Å². The zero-order valence-electron chi connectivity index (χ0n) is 11.8. The number of nitrogens with two attached hydrogens (primary N) is 1. The average molecular weight is 293 g/mol. The Kier molecular flexibility index (Phi) is 5.14. The molecule has 0 radical (unpaired) electrons. The number of piperidine rings is 1. The van der Waals surface area contributed by atoms with Crippen LogP contribution >= 0.6 is 0 Å². The summed E-state index contributed by atoms with van der Waals surface area (Å²) >= 11 is 0. The zero-order chi connectivity index (χ0) is 15.2. The number of hydrogen-bond donors (Lipinski definition) is 2. The van der Waals surface area contributed by atoms with E-state index in [4.69, 9.17) is 15.9 Å². The van der Waals surface area contributed by atoms with Crippen LogP contribution in [0, 0.1) is 17.1 Å². The average Bonchev–Trinajstić information content (AvgIpc) is 2.48. The first-order valence-electron chi connectivity index (χ1n) is 7.10. The molecule has 0 amide bonds. The molecule has 1 saturated heterocycles. The highest BCUT2D eigenvalue weighted by Crippen LogP contribution is 2.22. The van der Waals surface area contributed by atoms with E-state index >= 15 is 0 Å². The van der Waals surface area contributed by atoms with Gasteiger partial charge in [-0.25, -0.2) is 4.39 Å². The van der Waals surface area contributed by atoms with Crippen LogP contribution < -0.4 is 10.5 Å². The summed E-state index contributed by atoms with van der Waals surface area (Å²) in [6, 6.07) is 5.41. The highest BCUT2D eigenvalue weighted by Gasteiger charge is 2.20. The van der Waals surface area contributed by atoms with Crippen LogP contribution in [0.4, 0.5) is 4.39 Å². The monoisotopic (exact) mass is 293 g/mol. The summed E-state index contributed by atoms with van der Waals surface area (Å²) in [5, 5.41) is 7.37. The topological polar surface area (TPSA) is 79.4 Å². The van der Waals surface area contributed by atoms with Crippen molar-refractivity contribution >= 4 is 11.9 Å². The van der Waals surface area contributed by atoms with Gasteiger partial charge in [-0.3, -0.25) is 10.2 Å². The van der Waals surface area contributed by atoms with E-state index in [9.17, 15) is 9.18 Å². The quantitative estimate of drug-likeness (QED) is 0.386. The van der Waals surface area contributed by atoms with Crippen molar-refractivity contribution in [2.75, 3.05) is 13.1 Å². The first-order chi connectivity index (χ1) is 10.0. The standard InChI is InChI=1S/C15H20FN3O2/c16-12-2-4-13(5-3-12)21-14(20)6-1-11-7-9-19(10-8-11)15(17)18/h2-5,11H,1,6-10H2,(H3,17,18). The minimum atomic E-state index is -0.355. The fourth-order valence-electron chi connectivity index (χ4n) is 2.47. The Labute approximate surface area is 123 Å². The van der Waals surface area contributed by atoms with Crippen LogP contribution in [0.5, 0.6) is 5.75 Å². The van der Waals surface area contributed by atoms with Gasteiger partial charge in [-0.1, -0.05) is 0 Å². The number of hydrogen-bond acceptors (Lipinski definition) is 3. The number of carbonyl (C=O) groups is 1. The van der Waals surface area contributed by atoms with Crippen LogP contribution in [0.3, 0.4) is 0 Å². The lowest BCUT2D eigenvalue weighted by Crippen LogP contribution is -2.42. The number of benzene rings is 1. The molecule has 0 aliphatic carbocycles. The number of carbonyl (C=O) groups excluding carboxylic acids is 1. The van der Waals surface area contributed by atoms with Gasteiger partial charge in [0.1, 0.15) is 11.6 Å². The summed E-state index contributed by atoms with van der Waals surface area (Å²) in [6.45, 7) is 1.54. The minimum absolute atomic E-state index is 0.115. The summed E-state index contributed by atoms with van der Waals surface area (Å²) in [5.74, 6) is 0.293. The second-order valence-electron chi connectivity index (χ2n) is 5.28. The minimum Gasteiger partial charge on any atom is -0.427 e. The number of halogens is 1. The lowest BCUT2D eigenvalue weighted by atomic mass is 9.92. The fourth-order valence-corrected chi connectivity index (χ4v) is 2.47. The van der Waals surface area contributed by atoms with Gasteiger partial charge < -0.3 is 15.4 Å². The Balaban J connectivity index is 1.70. The van der Waals surface area contributed by atoms with E-state index in [0.717, 1.165) is 32.4 Å². The second-order valence-corrected chi connectivity index (χ2v) is 5.28. The molecule has 0 bridgehead atoms. The molecule has 0 aromatic heterocycles. The van der Waals surface area contributed by atoms with Gasteiger partial charge in [0.15, 0.2) is 5.96 Å². The molecule has 5 nitrogen and oxygen atoms in total. The van der Waals surface area contributed by atoms with Crippen molar-refractivity contribution in [3.8, 4) is 5.75 Å². The van der Waals surface area contributed by atoms with Gasteiger partial charge in [-0.2, -0.15) is 0 Å². The number of nitrogens with zero attached hydrogens (tertiary/aromatic N) is 1. The van der Waals surface area contributed by atoms with Gasteiger partial charge in [0.2, 0.25) is 0 Å². The van der Waals surface area contributed by atoms with E-state index in [-0.39, 0.29) is 17.7 Å². The second kappa shape index (κ2) is 7.06. The molecule has 6 heteroatoms. The van der Waals surface area contributed by atoms with Gasteiger partial charge in [0.05, 0.1) is 0 Å². The molecule has 0 saturated carbocycles. The molecule has 0 unspecified atom stereocenters. The maximum atomic E-state index is 12.7. The van der Waals surface area contributed by atoms with Crippen molar-refractivity contribution in [3.05, 3.63) is 30.1 Å². The molecule has 1 aliphatic heterocycles. The van der Waals surface area contributed by atoms with Crippen LogP contribution in [0.2, 0.25) is 0 Å². The first-order valence-corrected chi connectivity index (χ1v) is 7.10. The molecule has 2 rings (SSSR count). The lowest BCUT2D eigenvalue weighted by Gasteiger charge is -2.31. The van der Waals surface area contributed by atoms with Crippen molar-refractivity contribution in [2.45, 2.75) is 25.7 Å². The van der Waals surface area contributed by atoms with Gasteiger partial charge in [-0.15, -0.1) is 0 Å². The predicted molar refractivity (Wildman–Crippen MR) is 77.5 cm³/mol. The maximum absolute atomic E-state index is 12.7. The third kappa shape index (κ3) is 4.73. The van der Waals surface area contributed by atoms with Gasteiger partial charge >= 0.3 is 5.97 Å². The number of rotatable bonds is 4. The number of ether oxygens (including phenoxy) is 1. The first kappa shape index (κ1) is 15.3. The molecule has 1 aliphatic rings. The maximum Gasteiger partial charge on any atom is 0.311 e. The Morgan fingerprint density at radius 2 is 1.95 bits per heavy atom. The Hall–Kier alpha value is -2.11. The molecule has 21 heavy (non-hydrogen) atoms. The van der Waals surface area contributed by atoms with E-state index in [2.05, 4.69) is 0 Å². The molecule has 1 fully saturated rings. The van der Waals surface area contributed by atoms with Gasteiger partial charge in [-0.05, 0) is 49.4 Å². The summed E-state index contributed by atoms with van der Waals surface area (Å²) < 4.78 is 17.9. The third-order valence-electron chi connectivity index (χ3n) is 3.76. The van der Waals surface area contributed by atoms with Crippen LogP contribution in [0.15, 0.2) is 24.3 Å². The van der Waals surface area contributed by atoms with Crippen molar-refractivity contribution in [3.63, 3.8) is 0 Å². The smallest absolute Gasteiger partial charge is 0.311 e. The summed E-state index contributed by atoms with van der Waals surface area (Å²) in [4.78, 5) is 13.6. The largest absolute Gasteiger partial charge is 0.427 e. The van der Waals surface area contributed by atoms with Crippen molar-refractivity contribution < 1.29 is 13.9 Å². The molecule has 1 aromatic carbocycles. The highest BCUT2D eigenvalue weighted by atomic mass is 19.1. The highest BCUT2D eigenvalue weighted by molar-refractivity contribution is 5.74. The summed E-state index contributed by atoms with van der Waals surface area (Å²) in [7, 11) is 0. The van der Waals surface area contributed by atoms with E-state index in [1.807, 2.05) is 4.90 Å². The zero-order valence-corrected chi connectivity index (χ0v) is 11.8. The van der Waals surface area contributed by atoms with Crippen LogP contribution in [0.25, 0.3) is 0 Å². The van der Waals surface area contributed by atoms with Gasteiger partial charge in [0, 0.05) is 19.5 Å². The van der Waals surface area contributed by atoms with Crippen LogP contribution in [0.1, 0.15) is 25.7 Å². The van der Waals surface area contributed by atoms with Crippen LogP contribution in [-0.2, 0) is 4.79 Å².